The number of benzene rings is 4. The van der Waals surface area contributed by atoms with Gasteiger partial charge in [0.25, 0.3) is 0 Å². The monoisotopic (exact) mass is 918 g/mol. The average Bonchev–Trinajstić information content (AvgIpc) is 4.01. The Morgan fingerprint density at radius 1 is 0.603 bits per heavy atom. The summed E-state index contributed by atoms with van der Waals surface area (Å²) >= 11 is 0. The molecule has 8 rings (SSSR count). The quantitative estimate of drug-likeness (QED) is 0.0744. The van der Waals surface area contributed by atoms with Gasteiger partial charge < -0.3 is 39.9 Å². The third kappa shape index (κ3) is 10.2. The largest absolute Gasteiger partial charge is 0.488 e. The van der Waals surface area contributed by atoms with Crippen molar-refractivity contribution in [1.82, 2.24) is 40.4 Å². The Hall–Kier alpha value is -7.22. The molecule has 0 radical (unpaired) electrons. The van der Waals surface area contributed by atoms with Crippen LogP contribution in [0.15, 0.2) is 97.3 Å². The van der Waals surface area contributed by atoms with E-state index in [1.165, 1.54) is 0 Å². The summed E-state index contributed by atoms with van der Waals surface area (Å²) in [4.78, 5) is 74.6. The van der Waals surface area contributed by atoms with Gasteiger partial charge in [0, 0.05) is 57.3 Å². The van der Waals surface area contributed by atoms with E-state index in [2.05, 4.69) is 32.7 Å². The van der Waals surface area contributed by atoms with E-state index in [9.17, 15) is 19.2 Å². The van der Waals surface area contributed by atoms with Crippen LogP contribution in [0.25, 0.3) is 33.6 Å². The Morgan fingerprint density at radius 3 is 1.34 bits per heavy atom. The predicted molar refractivity (Wildman–Crippen MR) is 261 cm³/mol. The number of ether oxygens (including phenoxy) is 2. The van der Waals surface area contributed by atoms with Crippen LogP contribution in [0.3, 0.4) is 0 Å². The number of aromatic nitrogens is 4. The minimum absolute atomic E-state index is 0.204. The number of rotatable bonds is 16. The van der Waals surface area contributed by atoms with Crippen molar-refractivity contribution in [3.8, 4) is 45.1 Å². The molecule has 4 heterocycles. The number of carbonyl (C=O) groups excluding carboxylic acids is 4. The smallest absolute Gasteiger partial charge is 0.250 e. The molecule has 6 aromatic rings. The summed E-state index contributed by atoms with van der Waals surface area (Å²) in [6, 6.07) is 25.2. The lowest BCUT2D eigenvalue weighted by Gasteiger charge is -2.30. The van der Waals surface area contributed by atoms with Gasteiger partial charge in [0.2, 0.25) is 23.6 Å². The van der Waals surface area contributed by atoms with Gasteiger partial charge in [0.1, 0.15) is 48.4 Å². The number of nitrogens with one attached hydrogen (secondary N) is 4. The first-order valence-electron chi connectivity index (χ1n) is 23.5. The number of imidazole rings is 2. The first-order chi connectivity index (χ1) is 32.5. The molecule has 2 aliphatic heterocycles. The number of H-pyrrole nitrogens is 2. The number of amides is 4. The fraction of sp³-hybridized carbons (Fsp3) is 0.370. The van der Waals surface area contributed by atoms with Crippen LogP contribution in [0.1, 0.15) is 114 Å². The van der Waals surface area contributed by atoms with Gasteiger partial charge in [-0.1, -0.05) is 116 Å². The van der Waals surface area contributed by atoms with Gasteiger partial charge in [-0.05, 0) is 48.2 Å². The highest BCUT2D eigenvalue weighted by Crippen LogP contribution is 2.50. The van der Waals surface area contributed by atoms with Crippen molar-refractivity contribution in [3.05, 3.63) is 131 Å². The lowest BCUT2D eigenvalue weighted by Crippen LogP contribution is -2.46. The standard InChI is InChI=1S/C54H62N8O6/c1-9-21-61(49(63)47(33-17-13-11-14-18-33)59-51(65)53(3,4)5)29-43-55-27-39(57-43)35-23-37-31-68-42-26-36(24-38-32-67-41(25-35)45(37)46(38)42)40-28-56-44(58-40)30-62(22-10-2)50(64)48(34-19-15-12-16-20-34)60-52(66)54(6,7)8/h11-20,23-28,47-48H,9-10,21-22,29-32H2,1-8H3,(H,55,57)(H,56,58)(H,59,65)(H,60,66)/t47-,48-/m1/s1. The molecule has 14 heteroatoms. The summed E-state index contributed by atoms with van der Waals surface area (Å²) in [6.07, 6.45) is 5.00. The second kappa shape index (κ2) is 19.6. The number of hydrogen-bond acceptors (Lipinski definition) is 8. The predicted octanol–water partition coefficient (Wildman–Crippen LogP) is 9.20. The Balaban J connectivity index is 0.998. The van der Waals surface area contributed by atoms with E-state index in [1.807, 2.05) is 128 Å². The molecule has 2 aromatic heterocycles. The maximum atomic E-state index is 14.2. The van der Waals surface area contributed by atoms with Crippen molar-refractivity contribution in [2.24, 2.45) is 10.8 Å². The van der Waals surface area contributed by atoms with Crippen LogP contribution in [0.4, 0.5) is 0 Å². The van der Waals surface area contributed by atoms with Crippen molar-refractivity contribution in [3.63, 3.8) is 0 Å². The molecule has 0 fully saturated rings. The Labute approximate surface area is 398 Å². The fourth-order valence-electron chi connectivity index (χ4n) is 8.53. The first-order valence-corrected chi connectivity index (χ1v) is 23.5. The highest BCUT2D eigenvalue weighted by molar-refractivity contribution is 5.92. The second-order valence-electron chi connectivity index (χ2n) is 19.7. The third-order valence-corrected chi connectivity index (χ3v) is 12.2. The normalized spacial score (nSPS) is 13.6. The molecule has 354 valence electrons. The molecule has 14 nitrogen and oxygen atoms in total. The van der Waals surface area contributed by atoms with Crippen molar-refractivity contribution < 1.29 is 28.7 Å². The van der Waals surface area contributed by atoms with Gasteiger partial charge in [-0.25, -0.2) is 9.97 Å². The van der Waals surface area contributed by atoms with E-state index in [1.54, 1.807) is 22.2 Å². The van der Waals surface area contributed by atoms with Gasteiger partial charge in [-0.15, -0.1) is 0 Å². The highest BCUT2D eigenvalue weighted by Gasteiger charge is 2.35. The molecule has 0 saturated carbocycles. The maximum Gasteiger partial charge on any atom is 0.250 e. The lowest BCUT2D eigenvalue weighted by molar-refractivity contribution is -0.139. The molecule has 0 saturated heterocycles. The van der Waals surface area contributed by atoms with Crippen LogP contribution in [0.2, 0.25) is 0 Å². The summed E-state index contributed by atoms with van der Waals surface area (Å²) in [5.74, 6) is 1.91. The topological polar surface area (TPSA) is 175 Å². The van der Waals surface area contributed by atoms with Gasteiger partial charge in [-0.2, -0.15) is 0 Å². The SMILES string of the molecule is CCCN(Cc1ncc(-c2cc3c4c(c2)OCc2cc(-c5cnc(CN(CCC)C(=O)[C@H](NC(=O)C(C)(C)C)c6ccccc6)[nH]5)cc(c2-4)OC3)[nH]1)C(=O)[C@H](NC(=O)C(C)(C)C)c1ccccc1. The van der Waals surface area contributed by atoms with E-state index < -0.39 is 22.9 Å². The van der Waals surface area contributed by atoms with Crippen molar-refractivity contribution >= 4 is 23.6 Å². The van der Waals surface area contributed by atoms with Crippen molar-refractivity contribution in [2.45, 2.75) is 107 Å². The summed E-state index contributed by atoms with van der Waals surface area (Å²) in [5, 5.41) is 6.02. The average molecular weight is 919 g/mol. The minimum Gasteiger partial charge on any atom is -0.488 e. The van der Waals surface area contributed by atoms with E-state index in [0.717, 1.165) is 80.2 Å². The van der Waals surface area contributed by atoms with Crippen molar-refractivity contribution in [1.29, 1.82) is 0 Å². The van der Waals surface area contributed by atoms with Crippen LogP contribution >= 0.6 is 0 Å². The molecular weight excluding hydrogens is 857 g/mol. The Kier molecular flexibility index (Phi) is 13.6. The third-order valence-electron chi connectivity index (χ3n) is 12.2. The molecule has 4 aromatic carbocycles. The molecule has 68 heavy (non-hydrogen) atoms. The summed E-state index contributed by atoms with van der Waals surface area (Å²) < 4.78 is 12.9. The molecule has 4 N–H and O–H groups in total. The van der Waals surface area contributed by atoms with E-state index in [0.29, 0.717) is 38.0 Å². The first kappa shape index (κ1) is 47.3. The molecule has 0 unspecified atom stereocenters. The van der Waals surface area contributed by atoms with Crippen LogP contribution in [0.5, 0.6) is 11.5 Å². The zero-order valence-corrected chi connectivity index (χ0v) is 40.3. The maximum absolute atomic E-state index is 14.2. The Bertz CT molecular complexity index is 2560. The van der Waals surface area contributed by atoms with E-state index in [-0.39, 0.29) is 36.7 Å². The molecule has 0 aliphatic carbocycles. The van der Waals surface area contributed by atoms with E-state index in [4.69, 9.17) is 19.4 Å². The molecule has 0 bridgehead atoms. The van der Waals surface area contributed by atoms with E-state index >= 15 is 0 Å². The van der Waals surface area contributed by atoms with Crippen LogP contribution in [0, 0.1) is 10.8 Å². The zero-order chi connectivity index (χ0) is 48.3. The molecular formula is C54H62N8O6. The minimum atomic E-state index is -0.844. The summed E-state index contributed by atoms with van der Waals surface area (Å²) in [7, 11) is 0. The number of carbonyl (C=O) groups is 4. The summed E-state index contributed by atoms with van der Waals surface area (Å²) in [5.41, 5.74) is 7.36. The Morgan fingerprint density at radius 2 is 0.985 bits per heavy atom. The van der Waals surface area contributed by atoms with Crippen LogP contribution < -0.4 is 20.1 Å². The van der Waals surface area contributed by atoms with Gasteiger partial charge in [0.15, 0.2) is 0 Å². The fourth-order valence-corrected chi connectivity index (χ4v) is 8.53. The lowest BCUT2D eigenvalue weighted by atomic mass is 9.87. The molecule has 2 atom stereocenters. The molecule has 0 spiro atoms. The highest BCUT2D eigenvalue weighted by atomic mass is 16.5. The van der Waals surface area contributed by atoms with Crippen molar-refractivity contribution in [2.75, 3.05) is 13.1 Å². The molecule has 2 aliphatic rings. The van der Waals surface area contributed by atoms with Gasteiger partial charge in [-0.3, -0.25) is 19.2 Å². The van der Waals surface area contributed by atoms with Gasteiger partial charge >= 0.3 is 0 Å². The second-order valence-corrected chi connectivity index (χ2v) is 19.7. The van der Waals surface area contributed by atoms with Gasteiger partial charge in [0.05, 0.1) is 36.9 Å². The number of nitrogens with zero attached hydrogens (tertiary/aromatic N) is 4. The number of aromatic amines is 2. The summed E-state index contributed by atoms with van der Waals surface area (Å²) in [6.45, 7) is 17.1. The molecule has 4 amide bonds. The number of hydrogen-bond donors (Lipinski definition) is 4. The van der Waals surface area contributed by atoms with Crippen LogP contribution in [-0.4, -0.2) is 66.5 Å². The zero-order valence-electron chi connectivity index (χ0n) is 40.3. The van der Waals surface area contributed by atoms with Crippen LogP contribution in [-0.2, 0) is 45.5 Å².